The number of rotatable bonds is 4. The van der Waals surface area contributed by atoms with Crippen LogP contribution in [0, 0.1) is 3.57 Å². The number of carbonyl (C=O) groups excluding carboxylic acids is 1. The predicted molar refractivity (Wildman–Crippen MR) is 81.4 cm³/mol. The lowest BCUT2D eigenvalue weighted by atomic mass is 9.91. The highest BCUT2D eigenvalue weighted by molar-refractivity contribution is 14.1. The van der Waals surface area contributed by atoms with Crippen molar-refractivity contribution in [1.29, 1.82) is 0 Å². The van der Waals surface area contributed by atoms with Crippen LogP contribution in [0.15, 0.2) is 48.5 Å². The van der Waals surface area contributed by atoms with E-state index >= 15 is 0 Å². The summed E-state index contributed by atoms with van der Waals surface area (Å²) in [5, 5.41) is 19.0. The van der Waals surface area contributed by atoms with Gasteiger partial charge in [-0.2, -0.15) is 0 Å². The smallest absolute Gasteiger partial charge is 0.173 e. The van der Waals surface area contributed by atoms with E-state index in [1.165, 1.54) is 12.1 Å². The quantitative estimate of drug-likeness (QED) is 0.645. The van der Waals surface area contributed by atoms with Crippen molar-refractivity contribution in [3.8, 4) is 5.75 Å². The summed E-state index contributed by atoms with van der Waals surface area (Å²) in [6.07, 6.45) is 0. The zero-order valence-corrected chi connectivity index (χ0v) is 12.2. The van der Waals surface area contributed by atoms with Crippen LogP contribution in [0.1, 0.15) is 21.8 Å². The van der Waals surface area contributed by atoms with Crippen LogP contribution in [0.4, 0.5) is 0 Å². The summed E-state index contributed by atoms with van der Waals surface area (Å²) in [7, 11) is 0. The second kappa shape index (κ2) is 6.16. The van der Waals surface area contributed by atoms with Crippen LogP contribution < -0.4 is 0 Å². The normalized spacial score (nSPS) is 12.1. The van der Waals surface area contributed by atoms with Crippen LogP contribution in [0.5, 0.6) is 5.75 Å². The first kappa shape index (κ1) is 14.0. The molecule has 2 N–H and O–H groups in total. The molecule has 98 valence electrons. The number of Topliss-reactive ketones (excluding diaryl/α,β-unsaturated/α-hetero) is 1. The third-order valence-electron chi connectivity index (χ3n) is 2.92. The summed E-state index contributed by atoms with van der Waals surface area (Å²) in [5.41, 5.74) is 1.21. The highest BCUT2D eigenvalue weighted by Gasteiger charge is 2.23. The predicted octanol–water partition coefficient (Wildman–Crippen LogP) is 2.96. The van der Waals surface area contributed by atoms with E-state index in [0.29, 0.717) is 5.56 Å². The third-order valence-corrected chi connectivity index (χ3v) is 3.86. The Morgan fingerprint density at radius 1 is 1.16 bits per heavy atom. The summed E-state index contributed by atoms with van der Waals surface area (Å²) < 4.78 is 0.759. The van der Waals surface area contributed by atoms with Crippen molar-refractivity contribution in [1.82, 2.24) is 0 Å². The van der Waals surface area contributed by atoms with Crippen molar-refractivity contribution in [3.63, 3.8) is 0 Å². The first-order valence-corrected chi connectivity index (χ1v) is 6.90. The van der Waals surface area contributed by atoms with Crippen molar-refractivity contribution in [2.45, 2.75) is 5.92 Å². The van der Waals surface area contributed by atoms with Crippen LogP contribution in [-0.4, -0.2) is 22.6 Å². The zero-order valence-electron chi connectivity index (χ0n) is 10.1. The average molecular weight is 368 g/mol. The highest BCUT2D eigenvalue weighted by Crippen LogP contribution is 2.26. The molecule has 0 aromatic heterocycles. The van der Waals surface area contributed by atoms with E-state index in [9.17, 15) is 15.0 Å². The van der Waals surface area contributed by atoms with Gasteiger partial charge in [-0.1, -0.05) is 30.3 Å². The Bertz CT molecular complexity index is 581. The van der Waals surface area contributed by atoms with Crippen LogP contribution in [0.2, 0.25) is 0 Å². The maximum absolute atomic E-state index is 12.5. The minimum absolute atomic E-state index is 0.0496. The molecular weight excluding hydrogens is 355 g/mol. The maximum Gasteiger partial charge on any atom is 0.173 e. The van der Waals surface area contributed by atoms with E-state index in [-0.39, 0.29) is 18.1 Å². The largest absolute Gasteiger partial charge is 0.508 e. The number of carbonyl (C=O) groups is 1. The molecule has 0 fully saturated rings. The maximum atomic E-state index is 12.5. The van der Waals surface area contributed by atoms with E-state index in [1.54, 1.807) is 6.07 Å². The monoisotopic (exact) mass is 368 g/mol. The van der Waals surface area contributed by atoms with Crippen LogP contribution in [0.3, 0.4) is 0 Å². The number of hydrogen-bond acceptors (Lipinski definition) is 3. The lowest BCUT2D eigenvalue weighted by molar-refractivity contribution is 0.0921. The minimum Gasteiger partial charge on any atom is -0.508 e. The van der Waals surface area contributed by atoms with E-state index in [2.05, 4.69) is 0 Å². The van der Waals surface area contributed by atoms with Crippen LogP contribution in [0.25, 0.3) is 0 Å². The Balaban J connectivity index is 2.39. The van der Waals surface area contributed by atoms with Crippen molar-refractivity contribution >= 4 is 28.4 Å². The van der Waals surface area contributed by atoms with Crippen LogP contribution in [-0.2, 0) is 0 Å². The number of aliphatic hydroxyl groups is 1. The van der Waals surface area contributed by atoms with Gasteiger partial charge in [0, 0.05) is 9.13 Å². The first-order valence-electron chi connectivity index (χ1n) is 5.82. The SMILES string of the molecule is O=C(c1cc(O)ccc1I)C(CO)c1ccccc1. The van der Waals surface area contributed by atoms with Gasteiger partial charge in [-0.3, -0.25) is 4.79 Å². The molecule has 1 unspecified atom stereocenters. The summed E-state index contributed by atoms with van der Waals surface area (Å²) >= 11 is 2.05. The molecule has 0 aliphatic carbocycles. The number of phenolic OH excluding ortho intramolecular Hbond substituents is 1. The Labute approximate surface area is 125 Å². The van der Waals surface area contributed by atoms with Gasteiger partial charge < -0.3 is 10.2 Å². The molecular formula is C15H13IO3. The fourth-order valence-electron chi connectivity index (χ4n) is 1.91. The van der Waals surface area contributed by atoms with Gasteiger partial charge in [0.1, 0.15) is 5.75 Å². The standard InChI is InChI=1S/C15H13IO3/c16-14-7-6-11(18)8-12(14)15(19)13(9-17)10-4-2-1-3-5-10/h1-8,13,17-18H,9H2. The Hall–Kier alpha value is -1.40. The molecule has 19 heavy (non-hydrogen) atoms. The molecule has 0 spiro atoms. The van der Waals surface area contributed by atoms with E-state index in [0.717, 1.165) is 9.13 Å². The van der Waals surface area contributed by atoms with Gasteiger partial charge in [-0.25, -0.2) is 0 Å². The third kappa shape index (κ3) is 3.13. The summed E-state index contributed by atoms with van der Waals surface area (Å²) in [5.74, 6) is -0.737. The number of halogens is 1. The van der Waals surface area contributed by atoms with Crippen molar-refractivity contribution < 1.29 is 15.0 Å². The van der Waals surface area contributed by atoms with Gasteiger partial charge in [0.2, 0.25) is 0 Å². The topological polar surface area (TPSA) is 57.5 Å². The van der Waals surface area contributed by atoms with Crippen molar-refractivity contribution in [3.05, 3.63) is 63.2 Å². The highest BCUT2D eigenvalue weighted by atomic mass is 127. The van der Waals surface area contributed by atoms with Gasteiger partial charge in [-0.05, 0) is 46.4 Å². The minimum atomic E-state index is -0.600. The molecule has 2 aromatic carbocycles. The molecule has 0 saturated carbocycles. The number of benzene rings is 2. The number of phenols is 1. The molecule has 0 aliphatic rings. The molecule has 0 radical (unpaired) electrons. The molecule has 2 aromatic rings. The molecule has 2 rings (SSSR count). The zero-order chi connectivity index (χ0) is 13.8. The molecule has 0 amide bonds. The Morgan fingerprint density at radius 3 is 2.47 bits per heavy atom. The number of aromatic hydroxyl groups is 1. The fourth-order valence-corrected chi connectivity index (χ4v) is 2.52. The molecule has 0 bridgehead atoms. The molecule has 4 heteroatoms. The van der Waals surface area contributed by atoms with Gasteiger partial charge in [0.25, 0.3) is 0 Å². The fraction of sp³-hybridized carbons (Fsp3) is 0.133. The lowest BCUT2D eigenvalue weighted by Gasteiger charge is -2.14. The molecule has 3 nitrogen and oxygen atoms in total. The van der Waals surface area contributed by atoms with E-state index in [1.807, 2.05) is 52.9 Å². The van der Waals surface area contributed by atoms with E-state index < -0.39 is 5.92 Å². The van der Waals surface area contributed by atoms with E-state index in [4.69, 9.17) is 0 Å². The molecule has 0 saturated heterocycles. The summed E-state index contributed by atoms with van der Waals surface area (Å²) in [6.45, 7) is -0.255. The second-order valence-corrected chi connectivity index (χ2v) is 5.34. The Kier molecular flexibility index (Phi) is 4.55. The summed E-state index contributed by atoms with van der Waals surface area (Å²) in [6, 6.07) is 13.8. The second-order valence-electron chi connectivity index (χ2n) is 4.17. The molecule has 1 atom stereocenters. The number of ketones is 1. The Morgan fingerprint density at radius 2 is 1.84 bits per heavy atom. The van der Waals surface area contributed by atoms with Gasteiger partial charge in [0.05, 0.1) is 12.5 Å². The van der Waals surface area contributed by atoms with Gasteiger partial charge in [0.15, 0.2) is 5.78 Å². The van der Waals surface area contributed by atoms with Crippen LogP contribution >= 0.6 is 22.6 Å². The van der Waals surface area contributed by atoms with Crippen molar-refractivity contribution in [2.24, 2.45) is 0 Å². The van der Waals surface area contributed by atoms with Crippen molar-refractivity contribution in [2.75, 3.05) is 6.61 Å². The number of hydrogen-bond donors (Lipinski definition) is 2. The van der Waals surface area contributed by atoms with Gasteiger partial charge in [-0.15, -0.1) is 0 Å². The first-order chi connectivity index (χ1) is 9.13. The lowest BCUT2D eigenvalue weighted by Crippen LogP contribution is -2.17. The molecule has 0 heterocycles. The summed E-state index contributed by atoms with van der Waals surface area (Å²) in [4.78, 5) is 12.5. The average Bonchev–Trinajstić information content (AvgIpc) is 2.43. The molecule has 0 aliphatic heterocycles. The number of aliphatic hydroxyl groups excluding tert-OH is 1. The van der Waals surface area contributed by atoms with Gasteiger partial charge >= 0.3 is 0 Å².